The van der Waals surface area contributed by atoms with Crippen LogP contribution in [0.25, 0.3) is 10.6 Å². The quantitative estimate of drug-likeness (QED) is 0.559. The highest BCUT2D eigenvalue weighted by Gasteiger charge is 2.23. The number of para-hydroxylation sites is 1. The maximum absolute atomic E-state index is 12.6. The van der Waals surface area contributed by atoms with E-state index in [1.54, 1.807) is 23.2 Å². The molecule has 5 nitrogen and oxygen atoms in total. The van der Waals surface area contributed by atoms with Gasteiger partial charge in [-0.3, -0.25) is 4.79 Å². The highest BCUT2D eigenvalue weighted by Crippen LogP contribution is 2.29. The van der Waals surface area contributed by atoms with Gasteiger partial charge in [0, 0.05) is 22.7 Å². The molecule has 0 atom stereocenters. The molecule has 0 radical (unpaired) electrons. The number of thiazole rings is 1. The van der Waals surface area contributed by atoms with Crippen molar-refractivity contribution in [3.8, 4) is 10.6 Å². The Bertz CT molecular complexity index is 918. The second-order valence-electron chi connectivity index (χ2n) is 6.21. The minimum Gasteiger partial charge on any atom is -0.451 e. The van der Waals surface area contributed by atoms with Crippen LogP contribution in [-0.4, -0.2) is 29.5 Å². The first-order valence-corrected chi connectivity index (χ1v) is 10.3. The Balaban J connectivity index is 1.69. The molecule has 1 amide bonds. The molecule has 2 aromatic heterocycles. The lowest BCUT2D eigenvalue weighted by molar-refractivity contribution is -0.122. The van der Waals surface area contributed by atoms with Crippen LogP contribution in [0.15, 0.2) is 47.2 Å². The molecule has 0 saturated carbocycles. The molecule has 0 saturated heterocycles. The summed E-state index contributed by atoms with van der Waals surface area (Å²) in [6, 6.07) is 11.3. The lowest BCUT2D eigenvalue weighted by Crippen LogP contribution is -2.39. The fraction of sp³-hybridized carbons (Fsp3) is 0.250. The van der Waals surface area contributed by atoms with E-state index >= 15 is 0 Å². The number of anilines is 1. The lowest BCUT2D eigenvalue weighted by Gasteiger charge is -2.26. The molecular weight excluding hydrogens is 380 g/mol. The monoisotopic (exact) mass is 400 g/mol. The van der Waals surface area contributed by atoms with Crippen LogP contribution >= 0.6 is 22.7 Å². The van der Waals surface area contributed by atoms with Crippen molar-refractivity contribution in [3.63, 3.8) is 0 Å². The Morgan fingerprint density at radius 1 is 1.19 bits per heavy atom. The van der Waals surface area contributed by atoms with Gasteiger partial charge in [-0.05, 0) is 44.4 Å². The van der Waals surface area contributed by atoms with E-state index in [-0.39, 0.29) is 18.6 Å². The summed E-state index contributed by atoms with van der Waals surface area (Å²) in [5.74, 6) is -0.777. The summed E-state index contributed by atoms with van der Waals surface area (Å²) < 4.78 is 5.30. The van der Waals surface area contributed by atoms with Crippen LogP contribution in [0.1, 0.15) is 29.2 Å². The van der Waals surface area contributed by atoms with Gasteiger partial charge in [-0.15, -0.1) is 11.3 Å². The van der Waals surface area contributed by atoms with E-state index in [0.717, 1.165) is 16.3 Å². The van der Waals surface area contributed by atoms with Crippen LogP contribution in [0.3, 0.4) is 0 Å². The summed E-state index contributed by atoms with van der Waals surface area (Å²) >= 11 is 2.86. The maximum Gasteiger partial charge on any atom is 0.350 e. The Labute approximate surface area is 166 Å². The third-order valence-corrected chi connectivity index (χ3v) is 5.77. The fourth-order valence-electron chi connectivity index (χ4n) is 2.68. The molecule has 0 fully saturated rings. The van der Waals surface area contributed by atoms with Gasteiger partial charge in [0.05, 0.1) is 5.69 Å². The van der Waals surface area contributed by atoms with Crippen LogP contribution in [0.2, 0.25) is 0 Å². The number of ether oxygens (including phenoxy) is 1. The van der Waals surface area contributed by atoms with Crippen molar-refractivity contribution in [1.29, 1.82) is 0 Å². The molecule has 0 aliphatic rings. The number of aromatic nitrogens is 1. The average molecular weight is 401 g/mol. The van der Waals surface area contributed by atoms with Crippen LogP contribution in [-0.2, 0) is 9.53 Å². The number of thiophene rings is 1. The average Bonchev–Trinajstić information content (AvgIpc) is 3.30. The molecule has 0 aliphatic carbocycles. The minimum absolute atomic E-state index is 0.0473. The summed E-state index contributed by atoms with van der Waals surface area (Å²) in [4.78, 5) is 31.6. The van der Waals surface area contributed by atoms with Gasteiger partial charge in [0.25, 0.3) is 5.91 Å². The number of hydrogen-bond donors (Lipinski definition) is 0. The van der Waals surface area contributed by atoms with Gasteiger partial charge in [0.1, 0.15) is 9.88 Å². The molecule has 0 N–H and O–H groups in total. The first-order valence-electron chi connectivity index (χ1n) is 8.51. The standard InChI is InChI=1S/C20H20N2O3S2/c1-13(2)22(16-7-5-4-6-8-16)17(23)11-25-20(24)18-14(3)21-19(27-18)15-9-10-26-12-15/h4-10,12-13H,11H2,1-3H3. The molecule has 0 unspecified atom stereocenters. The first kappa shape index (κ1) is 19.3. The van der Waals surface area contributed by atoms with Gasteiger partial charge in [0.15, 0.2) is 6.61 Å². The zero-order chi connectivity index (χ0) is 19.4. The Kier molecular flexibility index (Phi) is 6.03. The number of nitrogens with zero attached hydrogens (tertiary/aromatic N) is 2. The van der Waals surface area contributed by atoms with Crippen molar-refractivity contribution in [1.82, 2.24) is 4.98 Å². The molecule has 2 heterocycles. The Morgan fingerprint density at radius 2 is 1.93 bits per heavy atom. The van der Waals surface area contributed by atoms with Gasteiger partial charge in [-0.1, -0.05) is 18.2 Å². The van der Waals surface area contributed by atoms with Gasteiger partial charge < -0.3 is 9.64 Å². The number of carbonyl (C=O) groups excluding carboxylic acids is 2. The highest BCUT2D eigenvalue weighted by molar-refractivity contribution is 7.17. The third kappa shape index (κ3) is 4.43. The number of carbonyl (C=O) groups is 2. The van der Waals surface area contributed by atoms with Crippen molar-refractivity contribution in [2.24, 2.45) is 0 Å². The minimum atomic E-state index is -0.517. The molecule has 3 aromatic rings. The molecule has 3 rings (SSSR count). The number of esters is 1. The zero-order valence-electron chi connectivity index (χ0n) is 15.3. The predicted octanol–water partition coefficient (Wildman–Crippen LogP) is 4.78. The van der Waals surface area contributed by atoms with E-state index in [4.69, 9.17) is 4.74 Å². The van der Waals surface area contributed by atoms with Crippen molar-refractivity contribution < 1.29 is 14.3 Å². The molecule has 0 aliphatic heterocycles. The summed E-state index contributed by atoms with van der Waals surface area (Å²) in [6.07, 6.45) is 0. The summed E-state index contributed by atoms with van der Waals surface area (Å²) in [5.41, 5.74) is 2.38. The van der Waals surface area contributed by atoms with E-state index < -0.39 is 5.97 Å². The van der Waals surface area contributed by atoms with E-state index in [9.17, 15) is 9.59 Å². The van der Waals surface area contributed by atoms with Crippen molar-refractivity contribution >= 4 is 40.2 Å². The van der Waals surface area contributed by atoms with E-state index in [1.807, 2.05) is 61.0 Å². The molecule has 27 heavy (non-hydrogen) atoms. The summed E-state index contributed by atoms with van der Waals surface area (Å²) in [5, 5.41) is 4.73. The van der Waals surface area contributed by atoms with Crippen LogP contribution < -0.4 is 4.90 Å². The zero-order valence-corrected chi connectivity index (χ0v) is 17.0. The maximum atomic E-state index is 12.6. The smallest absolute Gasteiger partial charge is 0.350 e. The fourth-order valence-corrected chi connectivity index (χ4v) is 4.35. The van der Waals surface area contributed by atoms with Gasteiger partial charge in [0.2, 0.25) is 0 Å². The van der Waals surface area contributed by atoms with Crippen LogP contribution in [0.4, 0.5) is 5.69 Å². The van der Waals surface area contributed by atoms with Gasteiger partial charge in [-0.25, -0.2) is 9.78 Å². The van der Waals surface area contributed by atoms with Crippen molar-refractivity contribution in [2.75, 3.05) is 11.5 Å². The van der Waals surface area contributed by atoms with Crippen molar-refractivity contribution in [2.45, 2.75) is 26.8 Å². The molecule has 0 bridgehead atoms. The van der Waals surface area contributed by atoms with Gasteiger partial charge >= 0.3 is 5.97 Å². The molecule has 0 spiro atoms. The number of hydrogen-bond acceptors (Lipinski definition) is 6. The second-order valence-corrected chi connectivity index (χ2v) is 7.99. The summed E-state index contributed by atoms with van der Waals surface area (Å²) in [7, 11) is 0. The topological polar surface area (TPSA) is 59.5 Å². The van der Waals surface area contributed by atoms with E-state index in [2.05, 4.69) is 4.98 Å². The van der Waals surface area contributed by atoms with Crippen LogP contribution in [0.5, 0.6) is 0 Å². The molecule has 1 aromatic carbocycles. The van der Waals surface area contributed by atoms with E-state index in [0.29, 0.717) is 10.6 Å². The number of aryl methyl sites for hydroxylation is 1. The molecule has 7 heteroatoms. The number of rotatable bonds is 6. The normalized spacial score (nSPS) is 10.8. The molecule has 140 valence electrons. The van der Waals surface area contributed by atoms with Gasteiger partial charge in [-0.2, -0.15) is 11.3 Å². The summed E-state index contributed by atoms with van der Waals surface area (Å²) in [6.45, 7) is 5.31. The van der Waals surface area contributed by atoms with Crippen LogP contribution in [0, 0.1) is 6.92 Å². The van der Waals surface area contributed by atoms with E-state index in [1.165, 1.54) is 11.3 Å². The SMILES string of the molecule is Cc1nc(-c2ccsc2)sc1C(=O)OCC(=O)N(c1ccccc1)C(C)C. The third-order valence-electron chi connectivity index (χ3n) is 3.90. The Hall–Kier alpha value is -2.51. The predicted molar refractivity (Wildman–Crippen MR) is 110 cm³/mol. The number of amides is 1. The Morgan fingerprint density at radius 3 is 2.56 bits per heavy atom. The molecular formula is C20H20N2O3S2. The lowest BCUT2D eigenvalue weighted by atomic mass is 10.2. The number of benzene rings is 1. The second kappa shape index (κ2) is 8.45. The van der Waals surface area contributed by atoms with Crippen molar-refractivity contribution in [3.05, 3.63) is 57.7 Å². The largest absolute Gasteiger partial charge is 0.451 e. The highest BCUT2D eigenvalue weighted by atomic mass is 32.1. The first-order chi connectivity index (χ1) is 13.0.